The van der Waals surface area contributed by atoms with E-state index in [2.05, 4.69) is 14.9 Å². The molecule has 122 valence electrons. The molecule has 2 heterocycles. The Bertz CT molecular complexity index is 650. The second-order valence-electron chi connectivity index (χ2n) is 5.97. The zero-order valence-corrected chi connectivity index (χ0v) is 13.4. The fourth-order valence-corrected chi connectivity index (χ4v) is 2.94. The monoisotopic (exact) mass is 315 g/mol. The van der Waals surface area contributed by atoms with E-state index in [-0.39, 0.29) is 5.82 Å². The van der Waals surface area contributed by atoms with E-state index in [1.165, 1.54) is 6.07 Å². The van der Waals surface area contributed by atoms with Crippen LogP contribution in [0.4, 0.5) is 4.39 Å². The average molecular weight is 315 g/mol. The summed E-state index contributed by atoms with van der Waals surface area (Å²) in [6.45, 7) is 5.53. The summed E-state index contributed by atoms with van der Waals surface area (Å²) in [5.74, 6) is 1.41. The van der Waals surface area contributed by atoms with Gasteiger partial charge >= 0.3 is 0 Å². The molecule has 1 aromatic carbocycles. The van der Waals surface area contributed by atoms with Crippen molar-refractivity contribution in [1.82, 2.24) is 14.9 Å². The molecule has 0 spiro atoms. The smallest absolute Gasteiger partial charge is 0.165 e. The first-order valence-electron chi connectivity index (χ1n) is 8.11. The summed E-state index contributed by atoms with van der Waals surface area (Å²) in [6.07, 6.45) is 3.82. The van der Waals surface area contributed by atoms with Crippen molar-refractivity contribution in [2.24, 2.45) is 0 Å². The second kappa shape index (κ2) is 7.51. The van der Waals surface area contributed by atoms with Crippen LogP contribution in [-0.2, 0) is 0 Å². The zero-order chi connectivity index (χ0) is 16.1. The van der Waals surface area contributed by atoms with Crippen molar-refractivity contribution in [3.8, 4) is 5.75 Å². The summed E-state index contributed by atoms with van der Waals surface area (Å²) in [6, 6.07) is 8.46. The van der Waals surface area contributed by atoms with Crippen LogP contribution in [0.25, 0.3) is 0 Å². The number of nitrogens with zero attached hydrogens (tertiary/aromatic N) is 3. The lowest BCUT2D eigenvalue weighted by molar-refractivity contribution is 0.254. The van der Waals surface area contributed by atoms with E-state index in [1.54, 1.807) is 18.2 Å². The van der Waals surface area contributed by atoms with E-state index in [0.29, 0.717) is 18.3 Å². The number of para-hydroxylation sites is 1. The summed E-state index contributed by atoms with van der Waals surface area (Å²) in [4.78, 5) is 11.3. The Morgan fingerprint density at radius 3 is 3.00 bits per heavy atom. The summed E-state index contributed by atoms with van der Waals surface area (Å²) in [5.41, 5.74) is 1.02. The summed E-state index contributed by atoms with van der Waals surface area (Å²) in [5, 5.41) is 0. The maximum absolute atomic E-state index is 13.4. The lowest BCUT2D eigenvalue weighted by Crippen LogP contribution is -2.23. The van der Waals surface area contributed by atoms with Gasteiger partial charge in [0.25, 0.3) is 0 Å². The van der Waals surface area contributed by atoms with Crippen molar-refractivity contribution in [2.75, 3.05) is 26.2 Å². The van der Waals surface area contributed by atoms with Crippen LogP contribution in [0.3, 0.4) is 0 Å². The van der Waals surface area contributed by atoms with E-state index in [9.17, 15) is 4.39 Å². The van der Waals surface area contributed by atoms with Gasteiger partial charge in [0.15, 0.2) is 11.6 Å². The van der Waals surface area contributed by atoms with Gasteiger partial charge in [0.2, 0.25) is 0 Å². The third-order valence-electron chi connectivity index (χ3n) is 4.16. The van der Waals surface area contributed by atoms with Crippen LogP contribution in [-0.4, -0.2) is 41.1 Å². The zero-order valence-electron chi connectivity index (χ0n) is 13.4. The highest BCUT2D eigenvalue weighted by molar-refractivity contribution is 5.23. The van der Waals surface area contributed by atoms with Crippen LogP contribution < -0.4 is 4.74 Å². The molecule has 0 bridgehead atoms. The van der Waals surface area contributed by atoms with Crippen molar-refractivity contribution in [1.29, 1.82) is 0 Å². The number of benzene rings is 1. The molecule has 1 saturated heterocycles. The van der Waals surface area contributed by atoms with Crippen LogP contribution in [0.5, 0.6) is 5.75 Å². The quantitative estimate of drug-likeness (QED) is 0.767. The normalized spacial score (nSPS) is 18.3. The highest BCUT2D eigenvalue weighted by Crippen LogP contribution is 2.24. The lowest BCUT2D eigenvalue weighted by Gasteiger charge is -2.16. The van der Waals surface area contributed by atoms with Crippen molar-refractivity contribution in [2.45, 2.75) is 25.7 Å². The molecule has 1 fully saturated rings. The van der Waals surface area contributed by atoms with Gasteiger partial charge in [-0.1, -0.05) is 12.1 Å². The largest absolute Gasteiger partial charge is 0.490 e. The van der Waals surface area contributed by atoms with Gasteiger partial charge in [-0.25, -0.2) is 14.4 Å². The van der Waals surface area contributed by atoms with Crippen LogP contribution in [0.15, 0.2) is 36.5 Å². The first-order chi connectivity index (χ1) is 11.2. The summed E-state index contributed by atoms with van der Waals surface area (Å²) >= 11 is 0. The van der Waals surface area contributed by atoms with E-state index >= 15 is 0 Å². The van der Waals surface area contributed by atoms with Crippen LogP contribution in [0.2, 0.25) is 0 Å². The van der Waals surface area contributed by atoms with Crippen LogP contribution in [0.1, 0.15) is 30.3 Å². The van der Waals surface area contributed by atoms with Crippen LogP contribution in [0, 0.1) is 12.7 Å². The minimum atomic E-state index is -0.301. The molecule has 23 heavy (non-hydrogen) atoms. The number of halogens is 1. The SMILES string of the molecule is Cc1ccnc([C@H]2CCN(CCCOc3ccccc3F)C2)n1. The molecule has 0 radical (unpaired) electrons. The van der Waals surface area contributed by atoms with E-state index < -0.39 is 0 Å². The number of aryl methyl sites for hydroxylation is 1. The Morgan fingerprint density at radius 2 is 2.17 bits per heavy atom. The molecular weight excluding hydrogens is 293 g/mol. The molecule has 2 aromatic rings. The molecule has 0 aliphatic carbocycles. The molecule has 0 saturated carbocycles. The number of hydrogen-bond acceptors (Lipinski definition) is 4. The Balaban J connectivity index is 1.41. The first-order valence-corrected chi connectivity index (χ1v) is 8.11. The van der Waals surface area contributed by atoms with Crippen molar-refractivity contribution in [3.05, 3.63) is 53.9 Å². The number of likely N-dealkylation sites (tertiary alicyclic amines) is 1. The van der Waals surface area contributed by atoms with E-state index in [0.717, 1.165) is 44.0 Å². The predicted molar refractivity (Wildman–Crippen MR) is 87.1 cm³/mol. The minimum Gasteiger partial charge on any atom is -0.490 e. The van der Waals surface area contributed by atoms with Crippen LogP contribution >= 0.6 is 0 Å². The number of ether oxygens (including phenoxy) is 1. The fraction of sp³-hybridized carbons (Fsp3) is 0.444. The van der Waals surface area contributed by atoms with Crippen molar-refractivity contribution in [3.63, 3.8) is 0 Å². The number of hydrogen-bond donors (Lipinski definition) is 0. The fourth-order valence-electron chi connectivity index (χ4n) is 2.94. The van der Waals surface area contributed by atoms with Gasteiger partial charge in [0.05, 0.1) is 6.61 Å². The third kappa shape index (κ3) is 4.26. The average Bonchev–Trinajstić information content (AvgIpc) is 3.02. The Morgan fingerprint density at radius 1 is 1.30 bits per heavy atom. The Labute approximate surface area is 136 Å². The summed E-state index contributed by atoms with van der Waals surface area (Å²) in [7, 11) is 0. The number of rotatable bonds is 6. The maximum atomic E-state index is 13.4. The van der Waals surface area contributed by atoms with Gasteiger partial charge in [-0.05, 0) is 44.5 Å². The molecule has 1 aliphatic rings. The Kier molecular flexibility index (Phi) is 5.18. The van der Waals surface area contributed by atoms with E-state index in [4.69, 9.17) is 4.74 Å². The maximum Gasteiger partial charge on any atom is 0.165 e. The molecule has 0 N–H and O–H groups in total. The Hall–Kier alpha value is -2.01. The highest BCUT2D eigenvalue weighted by Gasteiger charge is 2.25. The lowest BCUT2D eigenvalue weighted by atomic mass is 10.1. The molecule has 4 nitrogen and oxygen atoms in total. The van der Waals surface area contributed by atoms with Gasteiger partial charge in [-0.15, -0.1) is 0 Å². The van der Waals surface area contributed by atoms with Crippen molar-refractivity contribution >= 4 is 0 Å². The molecule has 0 unspecified atom stereocenters. The molecule has 5 heteroatoms. The second-order valence-corrected chi connectivity index (χ2v) is 5.97. The van der Waals surface area contributed by atoms with E-state index in [1.807, 2.05) is 19.2 Å². The standard InChI is InChI=1S/C18H22FN3O/c1-14-7-9-20-18(21-14)15-8-11-22(13-15)10-4-12-23-17-6-3-2-5-16(17)19/h2-3,5-7,9,15H,4,8,10-13H2,1H3/t15-/m0/s1. The molecular formula is C18H22FN3O. The highest BCUT2D eigenvalue weighted by atomic mass is 19.1. The molecule has 3 rings (SSSR count). The number of aromatic nitrogens is 2. The molecule has 1 atom stereocenters. The topological polar surface area (TPSA) is 38.2 Å². The molecule has 1 aromatic heterocycles. The molecule has 1 aliphatic heterocycles. The van der Waals surface area contributed by atoms with Gasteiger partial charge in [-0.3, -0.25) is 0 Å². The molecule has 0 amide bonds. The summed E-state index contributed by atoms with van der Waals surface area (Å²) < 4.78 is 18.9. The van der Waals surface area contributed by atoms with Crippen molar-refractivity contribution < 1.29 is 9.13 Å². The van der Waals surface area contributed by atoms with Gasteiger partial charge in [0.1, 0.15) is 5.82 Å². The predicted octanol–water partition coefficient (Wildman–Crippen LogP) is 3.18. The van der Waals surface area contributed by atoms with Gasteiger partial charge in [0, 0.05) is 30.9 Å². The minimum absolute atomic E-state index is 0.301. The third-order valence-corrected chi connectivity index (χ3v) is 4.16. The van der Waals surface area contributed by atoms with Gasteiger partial charge in [-0.2, -0.15) is 0 Å². The van der Waals surface area contributed by atoms with Gasteiger partial charge < -0.3 is 9.64 Å². The first kappa shape index (κ1) is 15.9.